The first-order valence-corrected chi connectivity index (χ1v) is 6.81. The van der Waals surface area contributed by atoms with E-state index in [1.54, 1.807) is 0 Å². The summed E-state index contributed by atoms with van der Waals surface area (Å²) in [5, 5.41) is 11.8. The SMILES string of the molecule is CC(CCO)NC(=O)c1cccn1Cc1ccccc1. The number of aliphatic hydroxyl groups excluding tert-OH is 1. The average Bonchev–Trinajstić information content (AvgIpc) is 2.88. The Bertz CT molecular complexity index is 549. The fourth-order valence-corrected chi connectivity index (χ4v) is 2.10. The van der Waals surface area contributed by atoms with Gasteiger partial charge in [-0.2, -0.15) is 0 Å². The minimum atomic E-state index is -0.105. The normalized spacial score (nSPS) is 12.1. The molecule has 0 aliphatic heterocycles. The Kier molecular flexibility index (Phi) is 4.96. The third-order valence-electron chi connectivity index (χ3n) is 3.20. The lowest BCUT2D eigenvalue weighted by molar-refractivity contribution is 0.0925. The maximum atomic E-state index is 12.2. The summed E-state index contributed by atoms with van der Waals surface area (Å²) in [5.41, 5.74) is 1.79. The molecule has 2 aromatic rings. The molecule has 0 saturated heterocycles. The van der Waals surface area contributed by atoms with Crippen LogP contribution in [0.25, 0.3) is 0 Å². The van der Waals surface area contributed by atoms with Crippen molar-refractivity contribution in [2.45, 2.75) is 25.9 Å². The van der Waals surface area contributed by atoms with Gasteiger partial charge in [0.1, 0.15) is 5.69 Å². The van der Waals surface area contributed by atoms with Gasteiger partial charge in [-0.25, -0.2) is 0 Å². The fourth-order valence-electron chi connectivity index (χ4n) is 2.10. The van der Waals surface area contributed by atoms with Crippen molar-refractivity contribution in [2.75, 3.05) is 6.61 Å². The molecule has 2 N–H and O–H groups in total. The van der Waals surface area contributed by atoms with Crippen LogP contribution in [0, 0.1) is 0 Å². The molecule has 0 saturated carbocycles. The van der Waals surface area contributed by atoms with Gasteiger partial charge in [-0.3, -0.25) is 4.79 Å². The van der Waals surface area contributed by atoms with Gasteiger partial charge in [0.2, 0.25) is 0 Å². The van der Waals surface area contributed by atoms with Crippen molar-refractivity contribution < 1.29 is 9.90 Å². The molecule has 1 amide bonds. The summed E-state index contributed by atoms with van der Waals surface area (Å²) in [5.74, 6) is -0.105. The second kappa shape index (κ2) is 6.91. The molecule has 1 unspecified atom stereocenters. The quantitative estimate of drug-likeness (QED) is 0.845. The van der Waals surface area contributed by atoms with Crippen LogP contribution in [0.5, 0.6) is 0 Å². The molecule has 1 aromatic heterocycles. The second-order valence-electron chi connectivity index (χ2n) is 4.89. The zero-order valence-corrected chi connectivity index (χ0v) is 11.6. The fraction of sp³-hybridized carbons (Fsp3) is 0.312. The van der Waals surface area contributed by atoms with Gasteiger partial charge in [-0.05, 0) is 31.0 Å². The van der Waals surface area contributed by atoms with E-state index in [-0.39, 0.29) is 18.6 Å². The van der Waals surface area contributed by atoms with E-state index in [1.165, 1.54) is 0 Å². The van der Waals surface area contributed by atoms with Crippen LogP contribution in [0.3, 0.4) is 0 Å². The molecule has 0 radical (unpaired) electrons. The van der Waals surface area contributed by atoms with Crippen molar-refractivity contribution >= 4 is 5.91 Å². The highest BCUT2D eigenvalue weighted by Gasteiger charge is 2.13. The minimum absolute atomic E-state index is 0.0347. The first-order chi connectivity index (χ1) is 9.70. The summed E-state index contributed by atoms with van der Waals surface area (Å²) < 4.78 is 1.93. The molecule has 0 bridgehead atoms. The van der Waals surface area contributed by atoms with Crippen molar-refractivity contribution in [3.8, 4) is 0 Å². The summed E-state index contributed by atoms with van der Waals surface area (Å²) in [6.07, 6.45) is 2.46. The summed E-state index contributed by atoms with van der Waals surface area (Å²) in [4.78, 5) is 12.2. The molecular weight excluding hydrogens is 252 g/mol. The summed E-state index contributed by atoms with van der Waals surface area (Å²) in [7, 11) is 0. The van der Waals surface area contributed by atoms with Crippen molar-refractivity contribution in [3.05, 3.63) is 59.9 Å². The second-order valence-corrected chi connectivity index (χ2v) is 4.89. The zero-order valence-electron chi connectivity index (χ0n) is 11.6. The van der Waals surface area contributed by atoms with Crippen LogP contribution in [0.2, 0.25) is 0 Å². The Morgan fingerprint density at radius 2 is 2.00 bits per heavy atom. The molecule has 1 heterocycles. The number of nitrogens with zero attached hydrogens (tertiary/aromatic N) is 1. The standard InChI is InChI=1S/C16H20N2O2/c1-13(9-11-19)17-16(20)15-8-5-10-18(15)12-14-6-3-2-4-7-14/h2-8,10,13,19H,9,11-12H2,1H3,(H,17,20). The highest BCUT2D eigenvalue weighted by molar-refractivity contribution is 5.92. The van der Waals surface area contributed by atoms with Gasteiger partial charge in [-0.15, -0.1) is 0 Å². The van der Waals surface area contributed by atoms with Gasteiger partial charge in [0.25, 0.3) is 5.91 Å². The van der Waals surface area contributed by atoms with Crippen LogP contribution in [0.15, 0.2) is 48.7 Å². The van der Waals surface area contributed by atoms with E-state index < -0.39 is 0 Å². The Hall–Kier alpha value is -2.07. The van der Waals surface area contributed by atoms with Crippen molar-refractivity contribution in [1.82, 2.24) is 9.88 Å². The Morgan fingerprint density at radius 3 is 2.70 bits per heavy atom. The number of carbonyl (C=O) groups is 1. The molecule has 2 rings (SSSR count). The van der Waals surface area contributed by atoms with Crippen LogP contribution in [0.4, 0.5) is 0 Å². The van der Waals surface area contributed by atoms with Gasteiger partial charge < -0.3 is 15.0 Å². The molecule has 1 aromatic carbocycles. The van der Waals surface area contributed by atoms with E-state index in [2.05, 4.69) is 5.32 Å². The monoisotopic (exact) mass is 272 g/mol. The van der Waals surface area contributed by atoms with E-state index in [0.717, 1.165) is 5.56 Å². The molecule has 20 heavy (non-hydrogen) atoms. The molecule has 0 aliphatic carbocycles. The predicted molar refractivity (Wildman–Crippen MR) is 78.6 cm³/mol. The average molecular weight is 272 g/mol. The van der Waals surface area contributed by atoms with Crippen molar-refractivity contribution in [1.29, 1.82) is 0 Å². The van der Waals surface area contributed by atoms with Crippen LogP contribution in [0.1, 0.15) is 29.4 Å². The number of carbonyl (C=O) groups excluding carboxylic acids is 1. The van der Waals surface area contributed by atoms with E-state index in [0.29, 0.717) is 18.7 Å². The van der Waals surface area contributed by atoms with Gasteiger partial charge in [0.15, 0.2) is 0 Å². The molecule has 106 valence electrons. The highest BCUT2D eigenvalue weighted by atomic mass is 16.3. The van der Waals surface area contributed by atoms with Gasteiger partial charge in [0, 0.05) is 25.4 Å². The Balaban J connectivity index is 2.06. The predicted octanol–water partition coefficient (Wildman–Crippen LogP) is 2.04. The van der Waals surface area contributed by atoms with E-state index >= 15 is 0 Å². The number of rotatable bonds is 6. The van der Waals surface area contributed by atoms with Gasteiger partial charge in [-0.1, -0.05) is 30.3 Å². The number of amides is 1. The van der Waals surface area contributed by atoms with Crippen LogP contribution in [-0.2, 0) is 6.54 Å². The molecular formula is C16H20N2O2. The van der Waals surface area contributed by atoms with Gasteiger partial charge >= 0.3 is 0 Å². The summed E-state index contributed by atoms with van der Waals surface area (Å²) in [6, 6.07) is 13.7. The third kappa shape index (κ3) is 3.71. The lowest BCUT2D eigenvalue weighted by Crippen LogP contribution is -2.34. The first kappa shape index (κ1) is 14.3. The number of benzene rings is 1. The smallest absolute Gasteiger partial charge is 0.268 e. The number of hydrogen-bond acceptors (Lipinski definition) is 2. The highest BCUT2D eigenvalue weighted by Crippen LogP contribution is 2.08. The molecule has 4 nitrogen and oxygen atoms in total. The van der Waals surface area contributed by atoms with Crippen LogP contribution < -0.4 is 5.32 Å². The number of hydrogen-bond donors (Lipinski definition) is 2. The largest absolute Gasteiger partial charge is 0.396 e. The molecule has 0 fully saturated rings. The van der Waals surface area contributed by atoms with E-state index in [9.17, 15) is 4.79 Å². The van der Waals surface area contributed by atoms with Gasteiger partial charge in [0.05, 0.1) is 0 Å². The Labute approximate surface area is 119 Å². The van der Waals surface area contributed by atoms with Crippen LogP contribution in [-0.4, -0.2) is 28.2 Å². The third-order valence-corrected chi connectivity index (χ3v) is 3.20. The summed E-state index contributed by atoms with van der Waals surface area (Å²) in [6.45, 7) is 2.63. The maximum Gasteiger partial charge on any atom is 0.268 e. The van der Waals surface area contributed by atoms with Crippen LogP contribution >= 0.6 is 0 Å². The zero-order chi connectivity index (χ0) is 14.4. The van der Waals surface area contributed by atoms with E-state index in [4.69, 9.17) is 5.11 Å². The first-order valence-electron chi connectivity index (χ1n) is 6.81. The lowest BCUT2D eigenvalue weighted by Gasteiger charge is -2.14. The number of aliphatic hydroxyl groups is 1. The Morgan fingerprint density at radius 1 is 1.25 bits per heavy atom. The molecule has 4 heteroatoms. The van der Waals surface area contributed by atoms with Crippen molar-refractivity contribution in [3.63, 3.8) is 0 Å². The lowest BCUT2D eigenvalue weighted by atomic mass is 10.2. The van der Waals surface area contributed by atoms with E-state index in [1.807, 2.05) is 60.2 Å². The molecule has 0 spiro atoms. The minimum Gasteiger partial charge on any atom is -0.396 e. The molecule has 1 atom stereocenters. The number of nitrogens with one attached hydrogen (secondary N) is 1. The molecule has 0 aliphatic rings. The van der Waals surface area contributed by atoms with Crippen molar-refractivity contribution in [2.24, 2.45) is 0 Å². The number of aromatic nitrogens is 1. The topological polar surface area (TPSA) is 54.3 Å². The maximum absolute atomic E-state index is 12.2. The summed E-state index contributed by atoms with van der Waals surface area (Å²) >= 11 is 0.